The first kappa shape index (κ1) is 19.9. The van der Waals surface area contributed by atoms with Crippen molar-refractivity contribution < 1.29 is 33.7 Å². The minimum atomic E-state index is -1.13. The first-order valence-corrected chi connectivity index (χ1v) is 9.61. The fourth-order valence-electron chi connectivity index (χ4n) is 4.44. The lowest BCUT2D eigenvalue weighted by Gasteiger charge is -2.17. The molecule has 0 radical (unpaired) electrons. The van der Waals surface area contributed by atoms with E-state index in [-0.39, 0.29) is 52.7 Å². The average Bonchev–Trinajstić information content (AvgIpc) is 3.41. The Labute approximate surface area is 172 Å². The molecule has 1 saturated heterocycles. The van der Waals surface area contributed by atoms with E-state index in [0.29, 0.717) is 5.56 Å². The third-order valence-electron chi connectivity index (χ3n) is 5.89. The predicted molar refractivity (Wildman–Crippen MR) is 104 cm³/mol. The maximum Gasteiger partial charge on any atom is 0.344 e. The SMILES string of the molecule is COc1cc(C=NN2C(=O)[C@@H]3[C@H](C2=O)[C@H]2C=C[C@H]3C2)cc(OC)c1O[C@@H](C)C(=O)O. The molecule has 30 heavy (non-hydrogen) atoms. The third-order valence-corrected chi connectivity index (χ3v) is 5.89. The van der Waals surface area contributed by atoms with E-state index in [1.54, 1.807) is 12.1 Å². The number of hydrazone groups is 1. The van der Waals surface area contributed by atoms with E-state index in [1.807, 2.05) is 12.2 Å². The van der Waals surface area contributed by atoms with Crippen LogP contribution in [0.2, 0.25) is 0 Å². The second kappa shape index (κ2) is 7.47. The maximum atomic E-state index is 12.7. The van der Waals surface area contributed by atoms with Gasteiger partial charge in [0.15, 0.2) is 17.6 Å². The topological polar surface area (TPSA) is 115 Å². The highest BCUT2D eigenvalue weighted by molar-refractivity contribution is 6.06. The Morgan fingerprint density at radius 2 is 1.67 bits per heavy atom. The average molecular weight is 414 g/mol. The first-order valence-electron chi connectivity index (χ1n) is 9.61. The van der Waals surface area contributed by atoms with E-state index < -0.39 is 12.1 Å². The number of carbonyl (C=O) groups excluding carboxylic acids is 2. The molecule has 1 saturated carbocycles. The molecule has 2 bridgehead atoms. The molecule has 3 aliphatic rings. The molecule has 4 rings (SSSR count). The lowest BCUT2D eigenvalue weighted by molar-refractivity contribution is -0.144. The number of allylic oxidation sites excluding steroid dienone is 2. The van der Waals surface area contributed by atoms with Crippen molar-refractivity contribution in [3.63, 3.8) is 0 Å². The zero-order chi connectivity index (χ0) is 21.6. The van der Waals surface area contributed by atoms with Crippen molar-refractivity contribution in [3.05, 3.63) is 29.8 Å². The fourth-order valence-corrected chi connectivity index (χ4v) is 4.44. The quantitative estimate of drug-likeness (QED) is 0.410. The predicted octanol–water partition coefficient (Wildman–Crippen LogP) is 1.70. The van der Waals surface area contributed by atoms with Crippen LogP contribution in [0.3, 0.4) is 0 Å². The monoisotopic (exact) mass is 414 g/mol. The molecule has 2 aliphatic carbocycles. The van der Waals surface area contributed by atoms with Crippen LogP contribution in [0.4, 0.5) is 0 Å². The van der Waals surface area contributed by atoms with Gasteiger partial charge in [-0.05, 0) is 37.3 Å². The summed E-state index contributed by atoms with van der Waals surface area (Å²) in [6, 6.07) is 3.13. The number of hydrogen-bond donors (Lipinski definition) is 1. The largest absolute Gasteiger partial charge is 0.493 e. The number of carbonyl (C=O) groups is 3. The van der Waals surface area contributed by atoms with Crippen molar-refractivity contribution in [3.8, 4) is 17.2 Å². The molecular weight excluding hydrogens is 392 g/mol. The van der Waals surface area contributed by atoms with Gasteiger partial charge in [0.2, 0.25) is 5.75 Å². The standard InChI is InChI=1S/C21H22N2O7/c1-10(21(26)27)30-18-14(28-2)6-11(7-15(18)29-3)9-22-23-19(24)16-12-4-5-13(8-12)17(16)20(23)25/h4-7,9-10,12-13,16-17H,8H2,1-3H3,(H,26,27)/t10-,12-,13-,16-,17+/m0/s1. The molecule has 158 valence electrons. The maximum absolute atomic E-state index is 12.7. The lowest BCUT2D eigenvalue weighted by atomic mass is 9.85. The summed E-state index contributed by atoms with van der Waals surface area (Å²) in [6.45, 7) is 1.39. The molecule has 9 nitrogen and oxygen atoms in total. The van der Waals surface area contributed by atoms with Gasteiger partial charge in [0.05, 0.1) is 32.3 Å². The summed E-state index contributed by atoms with van der Waals surface area (Å²) in [7, 11) is 2.82. The van der Waals surface area contributed by atoms with Crippen LogP contribution in [0.1, 0.15) is 18.9 Å². The second-order valence-corrected chi connectivity index (χ2v) is 7.59. The Balaban J connectivity index is 1.59. The van der Waals surface area contributed by atoms with Crippen LogP contribution in [0.5, 0.6) is 17.2 Å². The number of amides is 2. The molecule has 1 aromatic carbocycles. The molecular formula is C21H22N2O7. The lowest BCUT2D eigenvalue weighted by Crippen LogP contribution is -2.28. The Morgan fingerprint density at radius 1 is 1.13 bits per heavy atom. The van der Waals surface area contributed by atoms with E-state index in [9.17, 15) is 14.4 Å². The minimum absolute atomic E-state index is 0.115. The van der Waals surface area contributed by atoms with E-state index in [0.717, 1.165) is 11.4 Å². The molecule has 2 amide bonds. The Kier molecular flexibility index (Phi) is 4.97. The summed E-state index contributed by atoms with van der Waals surface area (Å²) in [5, 5.41) is 14.2. The fraction of sp³-hybridized carbons (Fsp3) is 0.429. The molecule has 1 N–H and O–H groups in total. The summed E-state index contributed by atoms with van der Waals surface area (Å²) < 4.78 is 16.1. The number of rotatable bonds is 7. The van der Waals surface area contributed by atoms with Crippen LogP contribution in [-0.2, 0) is 14.4 Å². The van der Waals surface area contributed by atoms with Crippen LogP contribution in [0.15, 0.2) is 29.4 Å². The van der Waals surface area contributed by atoms with E-state index in [2.05, 4.69) is 5.10 Å². The number of hydrogen-bond acceptors (Lipinski definition) is 7. The van der Waals surface area contributed by atoms with Crippen LogP contribution in [-0.4, -0.2) is 54.4 Å². The number of aliphatic carboxylic acids is 1. The van der Waals surface area contributed by atoms with Crippen molar-refractivity contribution in [2.75, 3.05) is 14.2 Å². The summed E-state index contributed by atoms with van der Waals surface area (Å²) in [5.41, 5.74) is 0.498. The van der Waals surface area contributed by atoms with E-state index >= 15 is 0 Å². The number of benzene rings is 1. The van der Waals surface area contributed by atoms with Gasteiger partial charge >= 0.3 is 5.97 Å². The number of imide groups is 1. The summed E-state index contributed by atoms with van der Waals surface area (Å²) >= 11 is 0. The van der Waals surface area contributed by atoms with Crippen LogP contribution >= 0.6 is 0 Å². The van der Waals surface area contributed by atoms with Gasteiger partial charge in [0, 0.05) is 5.56 Å². The van der Waals surface area contributed by atoms with Gasteiger partial charge in [-0.1, -0.05) is 12.2 Å². The van der Waals surface area contributed by atoms with Crippen LogP contribution < -0.4 is 14.2 Å². The molecule has 1 aliphatic heterocycles. The van der Waals surface area contributed by atoms with Gasteiger partial charge in [0.1, 0.15) is 0 Å². The van der Waals surface area contributed by atoms with Gasteiger partial charge in [0.25, 0.3) is 11.8 Å². The number of carboxylic acid groups (broad SMARTS) is 1. The first-order chi connectivity index (χ1) is 14.3. The molecule has 2 fully saturated rings. The Bertz CT molecular complexity index is 915. The molecule has 1 heterocycles. The highest BCUT2D eigenvalue weighted by atomic mass is 16.6. The molecule has 1 aromatic rings. The highest BCUT2D eigenvalue weighted by Gasteiger charge is 2.59. The zero-order valence-corrected chi connectivity index (χ0v) is 16.8. The van der Waals surface area contributed by atoms with Gasteiger partial charge < -0.3 is 19.3 Å². The van der Waals surface area contributed by atoms with Crippen molar-refractivity contribution in [1.29, 1.82) is 0 Å². The zero-order valence-electron chi connectivity index (χ0n) is 16.8. The molecule has 5 atom stereocenters. The molecule has 0 unspecified atom stereocenters. The number of nitrogens with zero attached hydrogens (tertiary/aromatic N) is 2. The van der Waals surface area contributed by atoms with Crippen LogP contribution in [0.25, 0.3) is 0 Å². The van der Waals surface area contributed by atoms with Crippen LogP contribution in [0, 0.1) is 23.7 Å². The number of fused-ring (bicyclic) bond motifs is 5. The smallest absolute Gasteiger partial charge is 0.344 e. The molecule has 0 spiro atoms. The Hall–Kier alpha value is -3.36. The third kappa shape index (κ3) is 3.10. The van der Waals surface area contributed by atoms with Gasteiger partial charge in [-0.15, -0.1) is 0 Å². The number of ether oxygens (including phenoxy) is 3. The summed E-state index contributed by atoms with van der Waals surface area (Å²) in [5.74, 6) is -1.47. The normalized spacial score (nSPS) is 27.6. The second-order valence-electron chi connectivity index (χ2n) is 7.59. The van der Waals surface area contributed by atoms with E-state index in [4.69, 9.17) is 19.3 Å². The summed E-state index contributed by atoms with van der Waals surface area (Å²) in [6.07, 6.45) is 5.17. The van der Waals surface area contributed by atoms with Gasteiger partial charge in [-0.25, -0.2) is 4.79 Å². The Morgan fingerprint density at radius 3 is 2.13 bits per heavy atom. The molecule has 0 aromatic heterocycles. The number of carboxylic acids is 1. The molecule has 9 heteroatoms. The van der Waals surface area contributed by atoms with Gasteiger partial charge in [-0.2, -0.15) is 10.1 Å². The van der Waals surface area contributed by atoms with Crippen molar-refractivity contribution in [2.45, 2.75) is 19.4 Å². The van der Waals surface area contributed by atoms with Gasteiger partial charge in [-0.3, -0.25) is 9.59 Å². The van der Waals surface area contributed by atoms with E-state index in [1.165, 1.54) is 27.4 Å². The summed E-state index contributed by atoms with van der Waals surface area (Å²) in [4.78, 5) is 36.6. The van der Waals surface area contributed by atoms with Crippen molar-refractivity contribution in [1.82, 2.24) is 5.01 Å². The number of methoxy groups -OCH3 is 2. The highest BCUT2D eigenvalue weighted by Crippen LogP contribution is 2.52. The van der Waals surface area contributed by atoms with Crippen molar-refractivity contribution in [2.24, 2.45) is 28.8 Å². The van der Waals surface area contributed by atoms with Crippen molar-refractivity contribution >= 4 is 24.0 Å². The minimum Gasteiger partial charge on any atom is -0.493 e.